The van der Waals surface area contributed by atoms with Gasteiger partial charge in [0.05, 0.1) is 16.7 Å². The number of para-hydroxylation sites is 1. The highest BCUT2D eigenvalue weighted by Gasteiger charge is 2.14. The summed E-state index contributed by atoms with van der Waals surface area (Å²) in [5, 5.41) is 0. The minimum atomic E-state index is -0.209. The first-order chi connectivity index (χ1) is 10.1. The minimum absolute atomic E-state index is 0.209. The summed E-state index contributed by atoms with van der Waals surface area (Å²) < 4.78 is 15.9. The first-order valence-electron chi connectivity index (χ1n) is 6.91. The van der Waals surface area contributed by atoms with E-state index in [4.69, 9.17) is 11.6 Å². The van der Waals surface area contributed by atoms with E-state index in [-0.39, 0.29) is 5.82 Å². The molecule has 1 aromatic heterocycles. The molecular formula is C17H16ClFN2. The molecule has 0 aliphatic heterocycles. The molecule has 0 N–H and O–H groups in total. The van der Waals surface area contributed by atoms with Gasteiger partial charge >= 0.3 is 0 Å². The molecule has 0 amide bonds. The van der Waals surface area contributed by atoms with Crippen molar-refractivity contribution in [1.29, 1.82) is 0 Å². The highest BCUT2D eigenvalue weighted by atomic mass is 35.5. The van der Waals surface area contributed by atoms with Gasteiger partial charge in [0.2, 0.25) is 0 Å². The van der Waals surface area contributed by atoms with Crippen molar-refractivity contribution in [3.05, 3.63) is 59.2 Å². The number of aryl methyl sites for hydroxylation is 3. The van der Waals surface area contributed by atoms with E-state index in [1.54, 1.807) is 19.1 Å². The third-order valence-corrected chi connectivity index (χ3v) is 3.88. The zero-order chi connectivity index (χ0) is 15.0. The molecule has 0 aliphatic rings. The van der Waals surface area contributed by atoms with Crippen LogP contribution in [0.4, 0.5) is 4.39 Å². The van der Waals surface area contributed by atoms with Gasteiger partial charge in [0.15, 0.2) is 0 Å². The summed E-state index contributed by atoms with van der Waals surface area (Å²) in [6.07, 6.45) is 0.644. The van der Waals surface area contributed by atoms with E-state index in [1.165, 1.54) is 0 Å². The van der Waals surface area contributed by atoms with Crippen LogP contribution in [0.3, 0.4) is 0 Å². The molecule has 3 rings (SSSR count). The average molecular weight is 303 g/mol. The molecule has 0 atom stereocenters. The first kappa shape index (κ1) is 14.1. The molecule has 0 spiro atoms. The van der Waals surface area contributed by atoms with Crippen LogP contribution >= 0.6 is 11.6 Å². The summed E-state index contributed by atoms with van der Waals surface area (Å²) >= 11 is 5.89. The van der Waals surface area contributed by atoms with Gasteiger partial charge in [-0.05, 0) is 43.2 Å². The van der Waals surface area contributed by atoms with Crippen LogP contribution in [-0.2, 0) is 6.42 Å². The highest BCUT2D eigenvalue weighted by molar-refractivity contribution is 6.17. The Labute approximate surface area is 128 Å². The fourth-order valence-corrected chi connectivity index (χ4v) is 2.72. The highest BCUT2D eigenvalue weighted by Crippen LogP contribution is 2.25. The molecule has 2 nitrogen and oxygen atoms in total. The summed E-state index contributed by atoms with van der Waals surface area (Å²) in [5.41, 5.74) is 4.45. The third-order valence-electron chi connectivity index (χ3n) is 3.69. The number of fused-ring (bicyclic) bond motifs is 1. The van der Waals surface area contributed by atoms with Crippen LogP contribution in [0.2, 0.25) is 0 Å². The van der Waals surface area contributed by atoms with E-state index in [0.717, 1.165) is 28.1 Å². The first-order valence-corrected chi connectivity index (χ1v) is 7.44. The van der Waals surface area contributed by atoms with E-state index in [9.17, 15) is 4.39 Å². The number of hydrogen-bond donors (Lipinski definition) is 0. The molecule has 0 saturated heterocycles. The number of benzene rings is 2. The van der Waals surface area contributed by atoms with E-state index >= 15 is 0 Å². The smallest absolute Gasteiger partial charge is 0.128 e. The zero-order valence-corrected chi connectivity index (χ0v) is 12.8. The number of alkyl halides is 1. The second kappa shape index (κ2) is 5.49. The summed E-state index contributed by atoms with van der Waals surface area (Å²) in [5.74, 6) is 1.13. The lowest BCUT2D eigenvalue weighted by atomic mass is 10.2. The predicted octanol–water partition coefficient (Wildman–Crippen LogP) is 4.56. The Morgan fingerprint density at radius 2 is 1.95 bits per heavy atom. The number of imidazole rings is 1. The fourth-order valence-electron chi connectivity index (χ4n) is 2.55. The van der Waals surface area contributed by atoms with Crippen molar-refractivity contribution in [2.45, 2.75) is 20.3 Å². The third kappa shape index (κ3) is 2.42. The maximum Gasteiger partial charge on any atom is 0.128 e. The molecule has 1 heterocycles. The second-order valence-electron chi connectivity index (χ2n) is 5.18. The number of rotatable bonds is 3. The van der Waals surface area contributed by atoms with Crippen molar-refractivity contribution in [3.8, 4) is 5.69 Å². The fraction of sp³-hybridized carbons (Fsp3) is 0.235. The van der Waals surface area contributed by atoms with Gasteiger partial charge in [0.1, 0.15) is 11.6 Å². The van der Waals surface area contributed by atoms with E-state index < -0.39 is 0 Å². The summed E-state index contributed by atoms with van der Waals surface area (Å²) in [6, 6.07) is 11.3. The Kier molecular flexibility index (Phi) is 3.68. The molecule has 0 aliphatic carbocycles. The van der Waals surface area contributed by atoms with Crippen LogP contribution in [0.25, 0.3) is 16.7 Å². The number of aromatic nitrogens is 2. The van der Waals surface area contributed by atoms with Crippen molar-refractivity contribution < 1.29 is 4.39 Å². The summed E-state index contributed by atoms with van der Waals surface area (Å²) in [4.78, 5) is 4.69. The second-order valence-corrected chi connectivity index (χ2v) is 5.56. The van der Waals surface area contributed by atoms with E-state index in [0.29, 0.717) is 17.9 Å². The van der Waals surface area contributed by atoms with Crippen molar-refractivity contribution in [2.24, 2.45) is 0 Å². The Morgan fingerprint density at radius 1 is 1.14 bits per heavy atom. The quantitative estimate of drug-likeness (QED) is 0.648. The van der Waals surface area contributed by atoms with Crippen molar-refractivity contribution >= 4 is 22.6 Å². The van der Waals surface area contributed by atoms with Crippen molar-refractivity contribution in [1.82, 2.24) is 9.55 Å². The normalized spacial score (nSPS) is 11.2. The molecule has 4 heteroatoms. The molecule has 21 heavy (non-hydrogen) atoms. The Balaban J connectivity index is 2.30. The van der Waals surface area contributed by atoms with Crippen LogP contribution in [0, 0.1) is 19.7 Å². The molecule has 0 bridgehead atoms. The largest absolute Gasteiger partial charge is 0.296 e. The van der Waals surface area contributed by atoms with Crippen LogP contribution in [0.5, 0.6) is 0 Å². The Morgan fingerprint density at radius 3 is 2.67 bits per heavy atom. The van der Waals surface area contributed by atoms with Gasteiger partial charge in [-0.2, -0.15) is 0 Å². The lowest BCUT2D eigenvalue weighted by molar-refractivity contribution is 0.617. The molecule has 2 aromatic carbocycles. The van der Waals surface area contributed by atoms with Gasteiger partial charge in [-0.25, -0.2) is 9.37 Å². The Hall–Kier alpha value is -1.87. The van der Waals surface area contributed by atoms with Crippen molar-refractivity contribution in [3.63, 3.8) is 0 Å². The average Bonchev–Trinajstić information content (AvgIpc) is 2.82. The standard InChI is InChI=1S/C17H16ClFN2/c1-11-6-7-13(10-14(11)19)21-15-5-3-4-12(2)17(15)20-16(21)8-9-18/h3-7,10H,8-9H2,1-2H3. The minimum Gasteiger partial charge on any atom is -0.296 e. The Bertz CT molecular complexity index is 808. The molecule has 0 saturated carbocycles. The van der Waals surface area contributed by atoms with Gasteiger partial charge in [0.25, 0.3) is 0 Å². The topological polar surface area (TPSA) is 17.8 Å². The van der Waals surface area contributed by atoms with Gasteiger partial charge in [-0.15, -0.1) is 11.6 Å². The van der Waals surface area contributed by atoms with Crippen LogP contribution in [-0.4, -0.2) is 15.4 Å². The van der Waals surface area contributed by atoms with Gasteiger partial charge < -0.3 is 0 Å². The van der Waals surface area contributed by atoms with Gasteiger partial charge in [0, 0.05) is 12.3 Å². The lowest BCUT2D eigenvalue weighted by Gasteiger charge is -2.10. The van der Waals surface area contributed by atoms with Crippen LogP contribution in [0.1, 0.15) is 17.0 Å². The molecule has 0 fully saturated rings. The zero-order valence-electron chi connectivity index (χ0n) is 12.0. The number of hydrogen-bond acceptors (Lipinski definition) is 1. The molecule has 0 radical (unpaired) electrons. The summed E-state index contributed by atoms with van der Waals surface area (Å²) in [7, 11) is 0. The SMILES string of the molecule is Cc1ccc(-n2c(CCCl)nc3c(C)cccc32)cc1F. The van der Waals surface area contributed by atoms with Crippen molar-refractivity contribution in [2.75, 3.05) is 5.88 Å². The lowest BCUT2D eigenvalue weighted by Crippen LogP contribution is -2.03. The van der Waals surface area contributed by atoms with Gasteiger partial charge in [-0.3, -0.25) is 4.57 Å². The van der Waals surface area contributed by atoms with E-state index in [1.807, 2.05) is 35.8 Å². The molecule has 0 unspecified atom stereocenters. The monoisotopic (exact) mass is 302 g/mol. The molecule has 3 aromatic rings. The van der Waals surface area contributed by atoms with Crippen LogP contribution < -0.4 is 0 Å². The molecule has 108 valence electrons. The summed E-state index contributed by atoms with van der Waals surface area (Å²) in [6.45, 7) is 3.79. The van der Waals surface area contributed by atoms with Gasteiger partial charge in [-0.1, -0.05) is 18.2 Å². The van der Waals surface area contributed by atoms with E-state index in [2.05, 4.69) is 4.98 Å². The van der Waals surface area contributed by atoms with Crippen LogP contribution in [0.15, 0.2) is 36.4 Å². The predicted molar refractivity (Wildman–Crippen MR) is 84.9 cm³/mol. The number of nitrogens with zero attached hydrogens (tertiary/aromatic N) is 2. The number of halogens is 2. The maximum atomic E-state index is 13.9. The molecular weight excluding hydrogens is 287 g/mol. The maximum absolute atomic E-state index is 13.9.